The molecule has 62 valence electrons. The van der Waals surface area contributed by atoms with Gasteiger partial charge in [0.05, 0.1) is 7.11 Å². The van der Waals surface area contributed by atoms with Gasteiger partial charge in [-0.15, -0.1) is 0 Å². The molecule has 0 amide bonds. The Bertz CT molecular complexity index is 220. The summed E-state index contributed by atoms with van der Waals surface area (Å²) in [5.41, 5.74) is 2.59. The van der Waals surface area contributed by atoms with Crippen molar-refractivity contribution in [3.8, 4) is 0 Å². The van der Waals surface area contributed by atoms with Crippen LogP contribution in [0.1, 0.15) is 0 Å². The first kappa shape index (κ1) is 7.94. The van der Waals surface area contributed by atoms with E-state index in [2.05, 4.69) is 10.3 Å². The summed E-state index contributed by atoms with van der Waals surface area (Å²) in [4.78, 5) is 6.53. The van der Waals surface area contributed by atoms with Gasteiger partial charge in [-0.1, -0.05) is 0 Å². The molecule has 1 heterocycles. The smallest absolute Gasteiger partial charge is 0.219 e. The van der Waals surface area contributed by atoms with Crippen molar-refractivity contribution >= 4 is 11.8 Å². The van der Waals surface area contributed by atoms with E-state index in [1.165, 1.54) is 7.11 Å². The minimum absolute atomic E-state index is 0.608. The van der Waals surface area contributed by atoms with Crippen molar-refractivity contribution in [2.45, 2.75) is 0 Å². The van der Waals surface area contributed by atoms with E-state index in [1.807, 2.05) is 25.1 Å². The van der Waals surface area contributed by atoms with Crippen molar-refractivity contribution in [1.29, 1.82) is 0 Å². The van der Waals surface area contributed by atoms with E-state index < -0.39 is 0 Å². The van der Waals surface area contributed by atoms with Gasteiger partial charge in [0, 0.05) is 26.2 Å². The molecule has 4 heteroatoms. The first-order chi connectivity index (χ1) is 5.24. The highest BCUT2D eigenvalue weighted by Gasteiger charge is 2.01. The van der Waals surface area contributed by atoms with Crippen LogP contribution in [-0.2, 0) is 4.84 Å². The van der Waals surface area contributed by atoms with Crippen LogP contribution in [0.4, 0.5) is 11.8 Å². The topological polar surface area (TPSA) is 37.6 Å². The van der Waals surface area contributed by atoms with E-state index in [4.69, 9.17) is 4.42 Å². The first-order valence-electron chi connectivity index (χ1n) is 3.30. The number of furan rings is 1. The van der Waals surface area contributed by atoms with Crippen LogP contribution in [0.3, 0.4) is 0 Å². The van der Waals surface area contributed by atoms with Crippen molar-refractivity contribution in [3.63, 3.8) is 0 Å². The largest absolute Gasteiger partial charge is 0.423 e. The Morgan fingerprint density at radius 3 is 2.64 bits per heavy atom. The van der Waals surface area contributed by atoms with Crippen molar-refractivity contribution in [2.24, 2.45) is 0 Å². The highest BCUT2D eigenvalue weighted by atomic mass is 16.6. The molecule has 0 aliphatic rings. The molecular formula is C7H12N2O2. The van der Waals surface area contributed by atoms with Crippen LogP contribution in [0, 0.1) is 0 Å². The molecule has 1 N–H and O–H groups in total. The molecule has 1 aromatic rings. The normalized spacial score (nSPS) is 9.73. The molecule has 0 saturated heterocycles. The molecule has 0 unspecified atom stereocenters. The molecule has 1 aromatic heterocycles. The lowest BCUT2D eigenvalue weighted by atomic mass is 10.6. The molecule has 0 spiro atoms. The SMILES string of the molecule is CONc1ccc(N(C)C)o1. The summed E-state index contributed by atoms with van der Waals surface area (Å²) in [6, 6.07) is 3.67. The lowest BCUT2D eigenvalue weighted by molar-refractivity contribution is 0.258. The summed E-state index contributed by atoms with van der Waals surface area (Å²) in [7, 11) is 5.36. The Hall–Kier alpha value is -1.16. The van der Waals surface area contributed by atoms with Gasteiger partial charge in [-0.3, -0.25) is 4.84 Å². The maximum absolute atomic E-state index is 5.28. The van der Waals surface area contributed by atoms with Crippen LogP contribution >= 0.6 is 0 Å². The summed E-state index contributed by atoms with van der Waals surface area (Å²) in [5.74, 6) is 1.40. The molecule has 0 saturated carbocycles. The Labute approximate surface area is 65.7 Å². The number of hydrogen-bond acceptors (Lipinski definition) is 4. The lowest BCUT2D eigenvalue weighted by Crippen LogP contribution is -2.06. The van der Waals surface area contributed by atoms with E-state index in [-0.39, 0.29) is 0 Å². The molecule has 1 rings (SSSR count). The average molecular weight is 156 g/mol. The Morgan fingerprint density at radius 1 is 1.45 bits per heavy atom. The van der Waals surface area contributed by atoms with Gasteiger partial charge in [0.1, 0.15) is 0 Å². The molecule has 0 aliphatic heterocycles. The highest BCUT2D eigenvalue weighted by Crippen LogP contribution is 2.19. The van der Waals surface area contributed by atoms with E-state index in [1.54, 1.807) is 6.07 Å². The van der Waals surface area contributed by atoms with Crippen molar-refractivity contribution in [2.75, 3.05) is 31.6 Å². The van der Waals surface area contributed by atoms with Crippen LogP contribution in [0.5, 0.6) is 0 Å². The summed E-state index contributed by atoms with van der Waals surface area (Å²) >= 11 is 0. The zero-order valence-electron chi connectivity index (χ0n) is 6.92. The lowest BCUT2D eigenvalue weighted by Gasteiger charge is -2.06. The molecular weight excluding hydrogens is 144 g/mol. The van der Waals surface area contributed by atoms with Crippen molar-refractivity contribution < 1.29 is 9.25 Å². The van der Waals surface area contributed by atoms with Gasteiger partial charge < -0.3 is 9.32 Å². The van der Waals surface area contributed by atoms with Crippen LogP contribution in [0.2, 0.25) is 0 Å². The third kappa shape index (κ3) is 1.88. The van der Waals surface area contributed by atoms with E-state index in [0.29, 0.717) is 5.88 Å². The Balaban J connectivity index is 2.66. The number of nitrogens with zero attached hydrogens (tertiary/aromatic N) is 1. The summed E-state index contributed by atoms with van der Waals surface area (Å²) in [5, 5.41) is 0. The van der Waals surface area contributed by atoms with Crippen molar-refractivity contribution in [3.05, 3.63) is 12.1 Å². The number of nitrogens with one attached hydrogen (secondary N) is 1. The zero-order valence-corrected chi connectivity index (χ0v) is 6.92. The minimum atomic E-state index is 0.608. The van der Waals surface area contributed by atoms with E-state index in [0.717, 1.165) is 5.88 Å². The van der Waals surface area contributed by atoms with E-state index >= 15 is 0 Å². The molecule has 0 aliphatic carbocycles. The first-order valence-corrected chi connectivity index (χ1v) is 3.30. The second-order valence-corrected chi connectivity index (χ2v) is 2.34. The predicted octanol–water partition coefficient (Wildman–Crippen LogP) is 1.32. The summed E-state index contributed by atoms with van der Waals surface area (Å²) in [6.07, 6.45) is 0. The fraction of sp³-hybridized carbons (Fsp3) is 0.429. The number of anilines is 2. The Morgan fingerprint density at radius 2 is 2.18 bits per heavy atom. The summed E-state index contributed by atoms with van der Waals surface area (Å²) < 4.78 is 5.28. The van der Waals surface area contributed by atoms with E-state index in [9.17, 15) is 0 Å². The maximum atomic E-state index is 5.28. The van der Waals surface area contributed by atoms with Gasteiger partial charge >= 0.3 is 0 Å². The molecule has 0 atom stereocenters. The highest BCUT2D eigenvalue weighted by molar-refractivity contribution is 5.42. The predicted molar refractivity (Wildman–Crippen MR) is 43.7 cm³/mol. The van der Waals surface area contributed by atoms with Gasteiger partial charge in [-0.25, -0.2) is 5.48 Å². The van der Waals surface area contributed by atoms with Gasteiger partial charge in [0.15, 0.2) is 5.88 Å². The molecule has 0 aromatic carbocycles. The van der Waals surface area contributed by atoms with Crippen LogP contribution in [-0.4, -0.2) is 21.2 Å². The molecule has 0 bridgehead atoms. The number of hydrogen-bond donors (Lipinski definition) is 1. The van der Waals surface area contributed by atoms with Crippen molar-refractivity contribution in [1.82, 2.24) is 0 Å². The second-order valence-electron chi connectivity index (χ2n) is 2.34. The summed E-state index contributed by atoms with van der Waals surface area (Å²) in [6.45, 7) is 0. The quantitative estimate of drug-likeness (QED) is 0.670. The van der Waals surface area contributed by atoms with Gasteiger partial charge in [-0.05, 0) is 0 Å². The van der Waals surface area contributed by atoms with Crippen LogP contribution in [0.15, 0.2) is 16.5 Å². The third-order valence-electron chi connectivity index (χ3n) is 1.24. The molecule has 11 heavy (non-hydrogen) atoms. The monoisotopic (exact) mass is 156 g/mol. The molecule has 4 nitrogen and oxygen atoms in total. The van der Waals surface area contributed by atoms with Gasteiger partial charge in [-0.2, -0.15) is 0 Å². The average Bonchev–Trinajstić information content (AvgIpc) is 2.37. The zero-order chi connectivity index (χ0) is 8.27. The fourth-order valence-electron chi connectivity index (χ4n) is 0.723. The third-order valence-corrected chi connectivity index (χ3v) is 1.24. The number of rotatable bonds is 3. The van der Waals surface area contributed by atoms with Crippen LogP contribution in [0.25, 0.3) is 0 Å². The standard InChI is InChI=1S/C7H12N2O2/c1-9(2)7-5-4-6(11-7)8-10-3/h4-5,8H,1-3H3. The fourth-order valence-corrected chi connectivity index (χ4v) is 0.723. The minimum Gasteiger partial charge on any atom is -0.423 e. The van der Waals surface area contributed by atoms with Gasteiger partial charge in [0.25, 0.3) is 0 Å². The maximum Gasteiger partial charge on any atom is 0.219 e. The molecule has 0 fully saturated rings. The van der Waals surface area contributed by atoms with Gasteiger partial charge in [0.2, 0.25) is 5.88 Å². The Kier molecular flexibility index (Phi) is 2.38. The molecule has 0 radical (unpaired) electrons. The second kappa shape index (κ2) is 3.30. The van der Waals surface area contributed by atoms with Crippen LogP contribution < -0.4 is 10.4 Å².